The van der Waals surface area contributed by atoms with Gasteiger partial charge in [0.2, 0.25) is 0 Å². The van der Waals surface area contributed by atoms with Crippen LogP contribution in [0.3, 0.4) is 0 Å². The Morgan fingerprint density at radius 3 is 3.07 bits per heavy atom. The summed E-state index contributed by atoms with van der Waals surface area (Å²) in [5.74, 6) is 0. The van der Waals surface area contributed by atoms with Crippen LogP contribution in [0.15, 0.2) is 24.7 Å². The topological polar surface area (TPSA) is 43.8 Å². The van der Waals surface area contributed by atoms with Gasteiger partial charge >= 0.3 is 0 Å². The van der Waals surface area contributed by atoms with E-state index in [4.69, 9.17) is 5.73 Å². The van der Waals surface area contributed by atoms with Crippen LogP contribution in [-0.2, 0) is 0 Å². The fourth-order valence-electron chi connectivity index (χ4n) is 2.00. The monoisotopic (exact) mass is 191 g/mol. The number of nitrogens with two attached hydrogens (primary N) is 1. The second-order valence-electron chi connectivity index (χ2n) is 3.95. The molecule has 0 fully saturated rings. The van der Waals surface area contributed by atoms with Crippen LogP contribution in [0.5, 0.6) is 0 Å². The van der Waals surface area contributed by atoms with Crippen LogP contribution in [0.1, 0.15) is 44.0 Å². The van der Waals surface area contributed by atoms with Crippen LogP contribution in [-0.4, -0.2) is 9.55 Å². The summed E-state index contributed by atoms with van der Waals surface area (Å²) in [6.07, 6.45) is 11.8. The first kappa shape index (κ1) is 9.46. The first-order valence-electron chi connectivity index (χ1n) is 5.21. The summed E-state index contributed by atoms with van der Waals surface area (Å²) in [6.45, 7) is 2.01. The molecule has 3 nitrogen and oxygen atoms in total. The fourth-order valence-corrected chi connectivity index (χ4v) is 2.00. The molecule has 1 aliphatic rings. The summed E-state index contributed by atoms with van der Waals surface area (Å²) in [4.78, 5) is 4.18. The van der Waals surface area contributed by atoms with E-state index in [0.717, 1.165) is 12.1 Å². The molecule has 2 N–H and O–H groups in total. The first-order chi connectivity index (χ1) is 6.79. The van der Waals surface area contributed by atoms with E-state index in [0.29, 0.717) is 6.04 Å². The highest BCUT2D eigenvalue weighted by Crippen LogP contribution is 2.26. The second kappa shape index (κ2) is 3.96. The average Bonchev–Trinajstić information content (AvgIpc) is 2.67. The second-order valence-corrected chi connectivity index (χ2v) is 3.95. The summed E-state index contributed by atoms with van der Waals surface area (Å²) in [6, 6.07) is 0.631. The molecule has 1 aromatic rings. The summed E-state index contributed by atoms with van der Waals surface area (Å²) < 4.78 is 2.23. The quantitative estimate of drug-likeness (QED) is 0.728. The number of hydrogen-bond donors (Lipinski definition) is 1. The number of rotatable bonds is 2. The van der Waals surface area contributed by atoms with Gasteiger partial charge in [-0.15, -0.1) is 0 Å². The van der Waals surface area contributed by atoms with Crippen molar-refractivity contribution in [3.05, 3.63) is 30.4 Å². The van der Waals surface area contributed by atoms with E-state index in [9.17, 15) is 0 Å². The number of nitrogens with zero attached hydrogens (tertiary/aromatic N) is 2. The van der Waals surface area contributed by atoms with Crippen molar-refractivity contribution in [2.45, 2.75) is 38.3 Å². The van der Waals surface area contributed by atoms with Crippen LogP contribution >= 0.6 is 0 Å². The lowest BCUT2D eigenvalue weighted by Crippen LogP contribution is -2.17. The largest absolute Gasteiger partial charge is 0.330 e. The van der Waals surface area contributed by atoms with Gasteiger partial charge in [0, 0.05) is 18.3 Å². The van der Waals surface area contributed by atoms with Gasteiger partial charge in [0.05, 0.1) is 12.0 Å². The highest BCUT2D eigenvalue weighted by atomic mass is 15.1. The Morgan fingerprint density at radius 2 is 2.43 bits per heavy atom. The number of allylic oxidation sites excluding steroid dienone is 2. The van der Waals surface area contributed by atoms with Crippen molar-refractivity contribution in [3.8, 4) is 0 Å². The third kappa shape index (κ3) is 1.73. The molecular weight excluding hydrogens is 174 g/mol. The zero-order chi connectivity index (χ0) is 9.97. The molecule has 0 saturated heterocycles. The van der Waals surface area contributed by atoms with Gasteiger partial charge in [-0.3, -0.25) is 0 Å². The molecule has 0 aromatic carbocycles. The highest BCUT2D eigenvalue weighted by Gasteiger charge is 2.16. The number of aromatic nitrogens is 2. The molecular formula is C11H17N3. The van der Waals surface area contributed by atoms with Crippen LogP contribution < -0.4 is 5.73 Å². The molecule has 1 aliphatic carbocycles. The minimum Gasteiger partial charge on any atom is -0.330 e. The summed E-state index contributed by atoms with van der Waals surface area (Å²) in [5, 5.41) is 0. The Morgan fingerprint density at radius 1 is 1.57 bits per heavy atom. The molecule has 1 aromatic heterocycles. The van der Waals surface area contributed by atoms with Gasteiger partial charge in [-0.05, 0) is 26.2 Å². The highest BCUT2D eigenvalue weighted by molar-refractivity contribution is 5.07. The van der Waals surface area contributed by atoms with Crippen LogP contribution in [0.25, 0.3) is 0 Å². The lowest BCUT2D eigenvalue weighted by atomic mass is 10.0. The van der Waals surface area contributed by atoms with Gasteiger partial charge in [0.15, 0.2) is 0 Å². The smallest absolute Gasteiger partial charge is 0.0951 e. The zero-order valence-corrected chi connectivity index (χ0v) is 8.56. The number of imidazole rings is 1. The maximum absolute atomic E-state index is 5.89. The Bertz CT molecular complexity index is 325. The minimum absolute atomic E-state index is 0.0726. The SMILES string of the molecule is CC(N)c1cncn1C1CC=CCC1. The normalized spacial score (nSPS) is 23.7. The molecule has 0 radical (unpaired) electrons. The molecule has 0 aliphatic heterocycles. The summed E-state index contributed by atoms with van der Waals surface area (Å²) >= 11 is 0. The molecule has 0 saturated carbocycles. The van der Waals surface area contributed by atoms with Crippen molar-refractivity contribution in [2.75, 3.05) is 0 Å². The van der Waals surface area contributed by atoms with E-state index in [2.05, 4.69) is 21.7 Å². The van der Waals surface area contributed by atoms with Crippen molar-refractivity contribution in [2.24, 2.45) is 5.73 Å². The van der Waals surface area contributed by atoms with Crippen LogP contribution in [0.4, 0.5) is 0 Å². The first-order valence-corrected chi connectivity index (χ1v) is 5.21. The molecule has 2 atom stereocenters. The molecule has 76 valence electrons. The predicted molar refractivity (Wildman–Crippen MR) is 56.9 cm³/mol. The average molecular weight is 191 g/mol. The van der Waals surface area contributed by atoms with Crippen LogP contribution in [0, 0.1) is 0 Å². The van der Waals surface area contributed by atoms with Gasteiger partial charge in [-0.25, -0.2) is 4.98 Å². The fraction of sp³-hybridized carbons (Fsp3) is 0.545. The molecule has 1 heterocycles. The van der Waals surface area contributed by atoms with E-state index in [1.165, 1.54) is 12.8 Å². The van der Waals surface area contributed by atoms with Gasteiger partial charge < -0.3 is 10.3 Å². The summed E-state index contributed by atoms with van der Waals surface area (Å²) in [7, 11) is 0. The van der Waals surface area contributed by atoms with E-state index in [1.54, 1.807) is 0 Å². The molecule has 2 rings (SSSR count). The number of hydrogen-bond acceptors (Lipinski definition) is 2. The molecule has 14 heavy (non-hydrogen) atoms. The van der Waals surface area contributed by atoms with Crippen molar-refractivity contribution >= 4 is 0 Å². The van der Waals surface area contributed by atoms with Gasteiger partial charge in [-0.1, -0.05) is 12.2 Å². The van der Waals surface area contributed by atoms with E-state index < -0.39 is 0 Å². The Balaban J connectivity index is 2.22. The molecule has 3 heteroatoms. The lowest BCUT2D eigenvalue weighted by Gasteiger charge is -2.22. The van der Waals surface area contributed by atoms with Crippen molar-refractivity contribution in [3.63, 3.8) is 0 Å². The van der Waals surface area contributed by atoms with Crippen molar-refractivity contribution in [1.82, 2.24) is 9.55 Å². The lowest BCUT2D eigenvalue weighted by molar-refractivity contribution is 0.440. The predicted octanol–water partition coefficient (Wildman–Crippen LogP) is 2.18. The van der Waals surface area contributed by atoms with Gasteiger partial charge in [-0.2, -0.15) is 0 Å². The van der Waals surface area contributed by atoms with Crippen molar-refractivity contribution in [1.29, 1.82) is 0 Å². The van der Waals surface area contributed by atoms with E-state index >= 15 is 0 Å². The Kier molecular flexibility index (Phi) is 2.68. The molecule has 2 unspecified atom stereocenters. The zero-order valence-electron chi connectivity index (χ0n) is 8.56. The molecule has 0 bridgehead atoms. The van der Waals surface area contributed by atoms with Gasteiger partial charge in [0.1, 0.15) is 0 Å². The van der Waals surface area contributed by atoms with Gasteiger partial charge in [0.25, 0.3) is 0 Å². The summed E-state index contributed by atoms with van der Waals surface area (Å²) in [5.41, 5.74) is 7.03. The minimum atomic E-state index is 0.0726. The Labute approximate surface area is 84.6 Å². The molecule has 0 spiro atoms. The standard InChI is InChI=1S/C11H17N3/c1-9(12)11-7-13-8-14(11)10-5-3-2-4-6-10/h2-3,7-10H,4-6,12H2,1H3. The van der Waals surface area contributed by atoms with E-state index in [-0.39, 0.29) is 6.04 Å². The third-order valence-corrected chi connectivity index (χ3v) is 2.80. The van der Waals surface area contributed by atoms with E-state index in [1.807, 2.05) is 19.4 Å². The molecule has 0 amide bonds. The Hall–Kier alpha value is -1.09. The maximum atomic E-state index is 5.89. The maximum Gasteiger partial charge on any atom is 0.0951 e. The third-order valence-electron chi connectivity index (χ3n) is 2.80. The van der Waals surface area contributed by atoms with Crippen molar-refractivity contribution < 1.29 is 0 Å². The van der Waals surface area contributed by atoms with Crippen LogP contribution in [0.2, 0.25) is 0 Å².